The van der Waals surface area contributed by atoms with E-state index in [0.29, 0.717) is 16.6 Å². The molecule has 1 aromatic heterocycles. The van der Waals surface area contributed by atoms with E-state index in [-0.39, 0.29) is 11.5 Å². The normalized spacial score (nSPS) is 10.5. The molecule has 0 saturated heterocycles. The van der Waals surface area contributed by atoms with Crippen LogP contribution in [0, 0.1) is 6.92 Å². The van der Waals surface area contributed by atoms with Gasteiger partial charge in [0.1, 0.15) is 0 Å². The number of aromatic carboxylic acids is 1. The number of rotatable bonds is 7. The molecule has 0 bridgehead atoms. The number of carbonyl (C=O) groups excluding carboxylic acids is 1. The number of aryl methyl sites for hydroxylation is 2. The number of carboxylic acid groups (broad SMARTS) is 1. The van der Waals surface area contributed by atoms with Crippen LogP contribution in [0.4, 0.5) is 0 Å². The lowest BCUT2D eigenvalue weighted by molar-refractivity contribution is 0.0697. The molecule has 23 heavy (non-hydrogen) atoms. The first-order valence-corrected chi connectivity index (χ1v) is 8.86. The molecule has 122 valence electrons. The minimum absolute atomic E-state index is 0.0867. The Hall–Kier alpha value is -1.73. The number of hydrogen-bond donors (Lipinski definition) is 2. The van der Waals surface area contributed by atoms with E-state index in [1.165, 1.54) is 12.1 Å². The fourth-order valence-corrected chi connectivity index (χ4v) is 3.38. The highest BCUT2D eigenvalue weighted by atomic mass is 79.9. The Kier molecular flexibility index (Phi) is 6.29. The number of benzene rings is 1. The Balaban J connectivity index is 1.79. The van der Waals surface area contributed by atoms with Gasteiger partial charge in [-0.15, -0.1) is 11.3 Å². The maximum Gasteiger partial charge on any atom is 0.335 e. The van der Waals surface area contributed by atoms with Crippen LogP contribution >= 0.6 is 27.3 Å². The van der Waals surface area contributed by atoms with Gasteiger partial charge in [0, 0.05) is 27.7 Å². The lowest BCUT2D eigenvalue weighted by atomic mass is 10.1. The average molecular weight is 397 g/mol. The summed E-state index contributed by atoms with van der Waals surface area (Å²) in [6, 6.07) is 4.45. The van der Waals surface area contributed by atoms with Crippen LogP contribution in [0.5, 0.6) is 0 Å². The van der Waals surface area contributed by atoms with Crippen molar-refractivity contribution in [3.63, 3.8) is 0 Å². The van der Waals surface area contributed by atoms with Gasteiger partial charge in [-0.25, -0.2) is 9.78 Å². The summed E-state index contributed by atoms with van der Waals surface area (Å²) in [6.07, 6.45) is 2.71. The second kappa shape index (κ2) is 8.21. The third kappa shape index (κ3) is 5.44. The summed E-state index contributed by atoms with van der Waals surface area (Å²) in [5.41, 5.74) is 1.47. The summed E-state index contributed by atoms with van der Waals surface area (Å²) in [5, 5.41) is 15.0. The molecule has 0 atom stereocenters. The van der Waals surface area contributed by atoms with E-state index in [1.807, 2.05) is 12.3 Å². The molecule has 7 heteroatoms. The molecular formula is C16H17BrN2O3S. The summed E-state index contributed by atoms with van der Waals surface area (Å²) in [6.45, 7) is 2.53. The van der Waals surface area contributed by atoms with Crippen molar-refractivity contribution in [1.82, 2.24) is 10.3 Å². The Morgan fingerprint density at radius 3 is 2.65 bits per heavy atom. The molecule has 1 aromatic carbocycles. The Morgan fingerprint density at radius 2 is 2.00 bits per heavy atom. The number of carboxylic acids is 1. The molecular weight excluding hydrogens is 380 g/mol. The van der Waals surface area contributed by atoms with Crippen LogP contribution in [0.25, 0.3) is 0 Å². The second-order valence-electron chi connectivity index (χ2n) is 5.13. The third-order valence-corrected chi connectivity index (χ3v) is 4.66. The molecule has 1 amide bonds. The van der Waals surface area contributed by atoms with Gasteiger partial charge < -0.3 is 10.4 Å². The number of thiazole rings is 1. The van der Waals surface area contributed by atoms with E-state index in [9.17, 15) is 9.59 Å². The summed E-state index contributed by atoms with van der Waals surface area (Å²) >= 11 is 4.88. The molecule has 2 rings (SSSR count). The maximum absolute atomic E-state index is 12.1. The Bertz CT molecular complexity index is 715. The molecule has 2 N–H and O–H groups in total. The topological polar surface area (TPSA) is 79.3 Å². The zero-order valence-corrected chi connectivity index (χ0v) is 15.0. The Labute approximate surface area is 146 Å². The standard InChI is InChI=1S/C16H17BrN2O3S/c1-10-9-23-14(19-10)4-2-3-5-18-15(20)11-6-12(16(21)22)8-13(17)7-11/h6-9H,2-5H2,1H3,(H,18,20)(H,21,22). The third-order valence-electron chi connectivity index (χ3n) is 3.18. The number of halogens is 1. The highest BCUT2D eigenvalue weighted by Gasteiger charge is 2.11. The van der Waals surface area contributed by atoms with Crippen LogP contribution < -0.4 is 5.32 Å². The lowest BCUT2D eigenvalue weighted by Crippen LogP contribution is -2.24. The van der Waals surface area contributed by atoms with Gasteiger partial charge in [0.15, 0.2) is 0 Å². The van der Waals surface area contributed by atoms with Gasteiger partial charge in [0.25, 0.3) is 5.91 Å². The zero-order chi connectivity index (χ0) is 16.8. The molecule has 2 aromatic rings. The van der Waals surface area contributed by atoms with Gasteiger partial charge >= 0.3 is 5.97 Å². The summed E-state index contributed by atoms with van der Waals surface area (Å²) in [4.78, 5) is 27.5. The smallest absolute Gasteiger partial charge is 0.335 e. The van der Waals surface area contributed by atoms with Gasteiger partial charge in [-0.3, -0.25) is 4.79 Å². The second-order valence-corrected chi connectivity index (χ2v) is 6.99. The number of aromatic nitrogens is 1. The number of nitrogens with one attached hydrogen (secondary N) is 1. The Morgan fingerprint density at radius 1 is 1.26 bits per heavy atom. The van der Waals surface area contributed by atoms with Crippen molar-refractivity contribution in [2.45, 2.75) is 26.2 Å². The maximum atomic E-state index is 12.1. The fraction of sp³-hybridized carbons (Fsp3) is 0.312. The molecule has 0 aliphatic carbocycles. The molecule has 0 spiro atoms. The van der Waals surface area contributed by atoms with Gasteiger partial charge in [-0.05, 0) is 44.4 Å². The van der Waals surface area contributed by atoms with Crippen LogP contribution in [-0.2, 0) is 6.42 Å². The van der Waals surface area contributed by atoms with Crippen molar-refractivity contribution < 1.29 is 14.7 Å². The van der Waals surface area contributed by atoms with E-state index < -0.39 is 5.97 Å². The SMILES string of the molecule is Cc1csc(CCCCNC(=O)c2cc(Br)cc(C(=O)O)c2)n1. The van der Waals surface area contributed by atoms with Gasteiger partial charge in [0.05, 0.1) is 10.6 Å². The highest BCUT2D eigenvalue weighted by molar-refractivity contribution is 9.10. The first-order chi connectivity index (χ1) is 11.0. The van der Waals surface area contributed by atoms with Crippen LogP contribution in [-0.4, -0.2) is 28.5 Å². The van der Waals surface area contributed by atoms with Crippen LogP contribution in [0.2, 0.25) is 0 Å². The molecule has 5 nitrogen and oxygen atoms in total. The molecule has 0 aliphatic heterocycles. The first-order valence-electron chi connectivity index (χ1n) is 7.19. The summed E-state index contributed by atoms with van der Waals surface area (Å²) in [5.74, 6) is -1.32. The molecule has 0 aliphatic rings. The van der Waals surface area contributed by atoms with E-state index >= 15 is 0 Å². The van der Waals surface area contributed by atoms with Gasteiger partial charge in [-0.2, -0.15) is 0 Å². The summed E-state index contributed by atoms with van der Waals surface area (Å²) in [7, 11) is 0. The van der Waals surface area contributed by atoms with E-state index in [1.54, 1.807) is 17.4 Å². The fourth-order valence-electron chi connectivity index (χ4n) is 2.07. The zero-order valence-electron chi connectivity index (χ0n) is 12.6. The monoisotopic (exact) mass is 396 g/mol. The minimum Gasteiger partial charge on any atom is -0.478 e. The van der Waals surface area contributed by atoms with Crippen LogP contribution in [0.1, 0.15) is 44.3 Å². The van der Waals surface area contributed by atoms with Crippen LogP contribution in [0.15, 0.2) is 28.1 Å². The van der Waals surface area contributed by atoms with Crippen molar-refractivity contribution in [3.05, 3.63) is 49.9 Å². The molecule has 0 radical (unpaired) electrons. The molecule has 1 heterocycles. The average Bonchev–Trinajstić information content (AvgIpc) is 2.91. The molecule has 0 fully saturated rings. The van der Waals surface area contributed by atoms with Gasteiger partial charge in [0.2, 0.25) is 0 Å². The quantitative estimate of drug-likeness (QED) is 0.699. The van der Waals surface area contributed by atoms with E-state index in [0.717, 1.165) is 30.0 Å². The van der Waals surface area contributed by atoms with Crippen molar-refractivity contribution in [1.29, 1.82) is 0 Å². The van der Waals surface area contributed by atoms with E-state index in [4.69, 9.17) is 5.11 Å². The number of unbranched alkanes of at least 4 members (excludes halogenated alkanes) is 1. The van der Waals surface area contributed by atoms with Crippen LogP contribution in [0.3, 0.4) is 0 Å². The van der Waals surface area contributed by atoms with Crippen molar-refractivity contribution in [2.75, 3.05) is 6.54 Å². The minimum atomic E-state index is -1.06. The molecule has 0 unspecified atom stereocenters. The van der Waals surface area contributed by atoms with Crippen molar-refractivity contribution >= 4 is 39.1 Å². The summed E-state index contributed by atoms with van der Waals surface area (Å²) < 4.78 is 0.571. The largest absolute Gasteiger partial charge is 0.478 e. The van der Waals surface area contributed by atoms with Gasteiger partial charge in [-0.1, -0.05) is 15.9 Å². The predicted molar refractivity (Wildman–Crippen MR) is 93.2 cm³/mol. The lowest BCUT2D eigenvalue weighted by Gasteiger charge is -2.06. The number of carbonyl (C=O) groups is 2. The number of amides is 1. The number of nitrogens with zero attached hydrogens (tertiary/aromatic N) is 1. The van der Waals surface area contributed by atoms with E-state index in [2.05, 4.69) is 26.2 Å². The first kappa shape index (κ1) is 17.6. The molecule has 0 saturated carbocycles. The number of hydrogen-bond acceptors (Lipinski definition) is 4. The highest BCUT2D eigenvalue weighted by Crippen LogP contribution is 2.16. The van der Waals surface area contributed by atoms with Crippen molar-refractivity contribution in [2.24, 2.45) is 0 Å². The van der Waals surface area contributed by atoms with Crippen molar-refractivity contribution in [3.8, 4) is 0 Å². The predicted octanol–water partition coefficient (Wildman–Crippen LogP) is 3.66.